The fourth-order valence-corrected chi connectivity index (χ4v) is 3.22. The van der Waals surface area contributed by atoms with Crippen LogP contribution in [0.25, 0.3) is 0 Å². The van der Waals surface area contributed by atoms with Crippen LogP contribution >= 0.6 is 0 Å². The lowest BCUT2D eigenvalue weighted by molar-refractivity contribution is -0.118. The zero-order chi connectivity index (χ0) is 15.5. The number of carbonyl (C=O) groups excluding carboxylic acids is 1. The number of nitrogens with zero attached hydrogens (tertiary/aromatic N) is 2. The van der Waals surface area contributed by atoms with E-state index in [1.54, 1.807) is 0 Å². The Balaban J connectivity index is 1.89. The van der Waals surface area contributed by atoms with E-state index in [1.165, 1.54) is 0 Å². The molecule has 0 saturated carbocycles. The topological polar surface area (TPSA) is 23.6 Å². The molecule has 0 saturated heterocycles. The lowest BCUT2D eigenvalue weighted by Crippen LogP contribution is -2.50. The van der Waals surface area contributed by atoms with Crippen LogP contribution in [0.4, 0.5) is 11.4 Å². The zero-order valence-corrected chi connectivity index (χ0v) is 13.2. The van der Waals surface area contributed by atoms with Crippen molar-refractivity contribution in [3.63, 3.8) is 0 Å². The Morgan fingerprint density at radius 3 is 2.36 bits per heavy atom. The largest absolute Gasteiger partial charge is 0.366 e. The van der Waals surface area contributed by atoms with Crippen LogP contribution in [0.2, 0.25) is 0 Å². The van der Waals surface area contributed by atoms with E-state index in [-0.39, 0.29) is 5.91 Å². The first kappa shape index (κ1) is 14.6. The minimum atomic E-state index is 0.168. The molecule has 1 heterocycles. The first-order valence-electron chi connectivity index (χ1n) is 7.90. The Morgan fingerprint density at radius 1 is 1.05 bits per heavy atom. The molecule has 3 nitrogen and oxygen atoms in total. The summed E-state index contributed by atoms with van der Waals surface area (Å²) in [5, 5.41) is 0. The highest BCUT2D eigenvalue weighted by atomic mass is 16.2. The normalized spacial score (nSPS) is 17.3. The van der Waals surface area contributed by atoms with Crippen LogP contribution in [0.5, 0.6) is 0 Å². The zero-order valence-electron chi connectivity index (χ0n) is 13.2. The van der Waals surface area contributed by atoms with Gasteiger partial charge in [0.15, 0.2) is 0 Å². The van der Waals surface area contributed by atoms with Gasteiger partial charge in [-0.3, -0.25) is 4.79 Å². The predicted octanol–water partition coefficient (Wildman–Crippen LogP) is 3.49. The van der Waals surface area contributed by atoms with Crippen LogP contribution in [0.3, 0.4) is 0 Å². The lowest BCUT2D eigenvalue weighted by atomic mass is 10.1. The van der Waals surface area contributed by atoms with E-state index in [0.29, 0.717) is 12.5 Å². The van der Waals surface area contributed by atoms with Crippen LogP contribution in [-0.4, -0.2) is 25.0 Å². The Labute approximate surface area is 132 Å². The summed E-state index contributed by atoms with van der Waals surface area (Å²) in [6, 6.07) is 18.5. The van der Waals surface area contributed by atoms with Gasteiger partial charge >= 0.3 is 0 Å². The van der Waals surface area contributed by atoms with Gasteiger partial charge < -0.3 is 9.80 Å². The van der Waals surface area contributed by atoms with Crippen molar-refractivity contribution < 1.29 is 4.79 Å². The van der Waals surface area contributed by atoms with Crippen LogP contribution in [0.1, 0.15) is 19.4 Å². The van der Waals surface area contributed by atoms with Crippen molar-refractivity contribution in [3.05, 3.63) is 60.2 Å². The number of hydrogen-bond donors (Lipinski definition) is 0. The number of para-hydroxylation sites is 2. The molecule has 1 unspecified atom stereocenters. The maximum Gasteiger partial charge on any atom is 0.231 e. The molecular weight excluding hydrogens is 272 g/mol. The van der Waals surface area contributed by atoms with Gasteiger partial charge in [0, 0.05) is 19.1 Å². The molecule has 0 aliphatic carbocycles. The molecule has 0 spiro atoms. The molecule has 0 N–H and O–H groups in total. The number of benzene rings is 2. The summed E-state index contributed by atoms with van der Waals surface area (Å²) >= 11 is 0. The number of likely N-dealkylation sites (N-methyl/N-ethyl adjacent to an activating group) is 1. The summed E-state index contributed by atoms with van der Waals surface area (Å²) in [7, 11) is 0. The van der Waals surface area contributed by atoms with Gasteiger partial charge in [0.25, 0.3) is 0 Å². The van der Waals surface area contributed by atoms with E-state index >= 15 is 0 Å². The quantitative estimate of drug-likeness (QED) is 0.865. The highest BCUT2D eigenvalue weighted by Crippen LogP contribution is 2.35. The Kier molecular flexibility index (Phi) is 4.14. The summed E-state index contributed by atoms with van der Waals surface area (Å²) in [5.41, 5.74) is 3.25. The molecule has 2 aromatic carbocycles. The van der Waals surface area contributed by atoms with Gasteiger partial charge in [-0.25, -0.2) is 0 Å². The summed E-state index contributed by atoms with van der Waals surface area (Å²) in [6.45, 7) is 6.05. The molecule has 0 bridgehead atoms. The van der Waals surface area contributed by atoms with Gasteiger partial charge in [0.05, 0.1) is 17.8 Å². The third-order valence-corrected chi connectivity index (χ3v) is 4.30. The first-order chi connectivity index (χ1) is 10.7. The van der Waals surface area contributed by atoms with Crippen molar-refractivity contribution in [2.75, 3.05) is 22.9 Å². The standard InChI is InChI=1S/C19H22N2O/c1-3-20-15(2)14-21(18-12-8-7-11-17(18)20)19(22)13-16-9-5-4-6-10-16/h4-12,15H,3,13-14H2,1-2H3. The molecule has 0 radical (unpaired) electrons. The molecule has 0 aromatic heterocycles. The van der Waals surface area contributed by atoms with E-state index in [0.717, 1.165) is 30.0 Å². The second kappa shape index (κ2) is 6.22. The highest BCUT2D eigenvalue weighted by Gasteiger charge is 2.30. The highest BCUT2D eigenvalue weighted by molar-refractivity contribution is 5.99. The van der Waals surface area contributed by atoms with Crippen LogP contribution in [0.15, 0.2) is 54.6 Å². The third-order valence-electron chi connectivity index (χ3n) is 4.30. The maximum atomic E-state index is 12.8. The lowest BCUT2D eigenvalue weighted by Gasteiger charge is -2.42. The number of hydrogen-bond acceptors (Lipinski definition) is 2. The van der Waals surface area contributed by atoms with E-state index in [4.69, 9.17) is 0 Å². The summed E-state index contributed by atoms with van der Waals surface area (Å²) in [6.07, 6.45) is 0.452. The Bertz CT molecular complexity index is 653. The molecule has 1 atom stereocenters. The number of carbonyl (C=O) groups is 1. The van der Waals surface area contributed by atoms with Crippen LogP contribution in [0, 0.1) is 0 Å². The van der Waals surface area contributed by atoms with Crippen molar-refractivity contribution in [2.24, 2.45) is 0 Å². The van der Waals surface area contributed by atoms with E-state index < -0.39 is 0 Å². The number of fused-ring (bicyclic) bond motifs is 1. The molecule has 1 aliphatic heterocycles. The second-order valence-corrected chi connectivity index (χ2v) is 5.79. The molecule has 22 heavy (non-hydrogen) atoms. The maximum absolute atomic E-state index is 12.8. The van der Waals surface area contributed by atoms with Crippen LogP contribution < -0.4 is 9.80 Å². The number of amides is 1. The Hall–Kier alpha value is -2.29. The minimum Gasteiger partial charge on any atom is -0.366 e. The van der Waals surface area contributed by atoms with Crippen LogP contribution in [-0.2, 0) is 11.2 Å². The van der Waals surface area contributed by atoms with E-state index in [9.17, 15) is 4.79 Å². The molecule has 1 aliphatic rings. The fourth-order valence-electron chi connectivity index (χ4n) is 3.22. The van der Waals surface area contributed by atoms with Gasteiger partial charge in [-0.2, -0.15) is 0 Å². The van der Waals surface area contributed by atoms with Crippen molar-refractivity contribution >= 4 is 17.3 Å². The molecule has 1 amide bonds. The molecule has 2 aromatic rings. The van der Waals surface area contributed by atoms with Gasteiger partial charge in [-0.05, 0) is 31.5 Å². The second-order valence-electron chi connectivity index (χ2n) is 5.79. The smallest absolute Gasteiger partial charge is 0.231 e. The predicted molar refractivity (Wildman–Crippen MR) is 91.4 cm³/mol. The summed E-state index contributed by atoms with van der Waals surface area (Å²) in [5.74, 6) is 0.168. The first-order valence-corrected chi connectivity index (χ1v) is 7.90. The van der Waals surface area contributed by atoms with Gasteiger partial charge in [-0.15, -0.1) is 0 Å². The minimum absolute atomic E-state index is 0.168. The molecular formula is C19H22N2O. The van der Waals surface area contributed by atoms with Crippen molar-refractivity contribution in [1.82, 2.24) is 0 Å². The number of anilines is 2. The fraction of sp³-hybridized carbons (Fsp3) is 0.316. The monoisotopic (exact) mass is 294 g/mol. The van der Waals surface area contributed by atoms with Gasteiger partial charge in [0.1, 0.15) is 0 Å². The molecule has 0 fully saturated rings. The molecule has 3 rings (SSSR count). The van der Waals surface area contributed by atoms with Crippen molar-refractivity contribution in [1.29, 1.82) is 0 Å². The SMILES string of the molecule is CCN1c2ccccc2N(C(=O)Cc2ccccc2)CC1C. The van der Waals surface area contributed by atoms with E-state index in [2.05, 4.69) is 24.8 Å². The molecule has 3 heteroatoms. The van der Waals surface area contributed by atoms with Gasteiger partial charge in [0.2, 0.25) is 5.91 Å². The summed E-state index contributed by atoms with van der Waals surface area (Å²) in [4.78, 5) is 17.1. The average molecular weight is 294 g/mol. The number of rotatable bonds is 3. The average Bonchev–Trinajstić information content (AvgIpc) is 2.55. The third kappa shape index (κ3) is 2.71. The van der Waals surface area contributed by atoms with Gasteiger partial charge in [-0.1, -0.05) is 42.5 Å². The Morgan fingerprint density at radius 2 is 1.68 bits per heavy atom. The van der Waals surface area contributed by atoms with E-state index in [1.807, 2.05) is 53.4 Å². The summed E-state index contributed by atoms with van der Waals surface area (Å²) < 4.78 is 0. The van der Waals surface area contributed by atoms with Crippen molar-refractivity contribution in [3.8, 4) is 0 Å². The molecule has 114 valence electrons. The van der Waals surface area contributed by atoms with Crippen molar-refractivity contribution in [2.45, 2.75) is 26.3 Å².